The van der Waals surface area contributed by atoms with Crippen LogP contribution in [0.15, 0.2) is 24.3 Å². The van der Waals surface area contributed by atoms with Crippen LogP contribution in [0.5, 0.6) is 5.75 Å². The van der Waals surface area contributed by atoms with Crippen molar-refractivity contribution in [3.8, 4) is 5.75 Å². The van der Waals surface area contributed by atoms with Crippen LogP contribution in [0, 0.1) is 0 Å². The number of nitrogens with two attached hydrogens (primary N) is 1. The molecule has 0 heterocycles. The molecule has 0 fully saturated rings. The van der Waals surface area contributed by atoms with Gasteiger partial charge in [-0.3, -0.25) is 0 Å². The van der Waals surface area contributed by atoms with E-state index in [1.165, 1.54) is 6.26 Å². The first-order chi connectivity index (χ1) is 8.01. The second kappa shape index (κ2) is 6.61. The van der Waals surface area contributed by atoms with Gasteiger partial charge in [0.2, 0.25) is 0 Å². The normalized spacial score (nSPS) is 11.4. The highest BCUT2D eigenvalue weighted by Crippen LogP contribution is 2.13. The Hall–Kier alpha value is -1.07. The van der Waals surface area contributed by atoms with Crippen molar-refractivity contribution in [1.29, 1.82) is 0 Å². The topological polar surface area (TPSA) is 69.4 Å². The highest BCUT2D eigenvalue weighted by molar-refractivity contribution is 7.90. The van der Waals surface area contributed by atoms with Crippen molar-refractivity contribution in [2.75, 3.05) is 25.2 Å². The zero-order valence-electron chi connectivity index (χ0n) is 10.1. The van der Waals surface area contributed by atoms with E-state index in [1.54, 1.807) is 0 Å². The Labute approximate surface area is 103 Å². The minimum Gasteiger partial charge on any atom is -0.494 e. The Morgan fingerprint density at radius 1 is 1.35 bits per heavy atom. The average molecular weight is 257 g/mol. The van der Waals surface area contributed by atoms with Crippen LogP contribution in [0.4, 0.5) is 0 Å². The van der Waals surface area contributed by atoms with E-state index >= 15 is 0 Å². The van der Waals surface area contributed by atoms with Crippen LogP contribution < -0.4 is 10.5 Å². The largest absolute Gasteiger partial charge is 0.494 e. The van der Waals surface area contributed by atoms with Gasteiger partial charge in [-0.05, 0) is 37.1 Å². The molecule has 0 amide bonds. The molecule has 0 radical (unpaired) electrons. The zero-order valence-corrected chi connectivity index (χ0v) is 10.9. The summed E-state index contributed by atoms with van der Waals surface area (Å²) in [6.45, 7) is 1.02. The molecule has 0 saturated carbocycles. The fraction of sp³-hybridized carbons (Fsp3) is 0.500. The molecule has 0 aliphatic rings. The molecule has 5 heteroatoms. The Morgan fingerprint density at radius 2 is 2.12 bits per heavy atom. The molecule has 0 aliphatic heterocycles. The Bertz CT molecular complexity index is 443. The van der Waals surface area contributed by atoms with E-state index in [1.807, 2.05) is 24.3 Å². The number of hydrogen-bond donors (Lipinski definition) is 1. The Balaban J connectivity index is 2.38. The van der Waals surface area contributed by atoms with Gasteiger partial charge in [-0.25, -0.2) is 8.42 Å². The van der Waals surface area contributed by atoms with Gasteiger partial charge in [-0.2, -0.15) is 0 Å². The van der Waals surface area contributed by atoms with Crippen LogP contribution in [0.1, 0.15) is 12.0 Å². The highest BCUT2D eigenvalue weighted by Gasteiger charge is 2.02. The van der Waals surface area contributed by atoms with Crippen LogP contribution in [-0.2, 0) is 16.3 Å². The lowest BCUT2D eigenvalue weighted by Crippen LogP contribution is -2.08. The van der Waals surface area contributed by atoms with E-state index in [4.69, 9.17) is 10.5 Å². The molecule has 0 saturated heterocycles. The summed E-state index contributed by atoms with van der Waals surface area (Å²) < 4.78 is 27.3. The molecule has 0 bridgehead atoms. The summed E-state index contributed by atoms with van der Waals surface area (Å²) in [7, 11) is -2.89. The standard InChI is InChI=1S/C12H19NO3S/c1-17(14,15)9-3-8-16-12-5-2-4-11(10-12)6-7-13/h2,4-5,10H,3,6-9,13H2,1H3. The molecule has 0 spiro atoms. The number of sulfone groups is 1. The first-order valence-corrected chi connectivity index (χ1v) is 7.67. The highest BCUT2D eigenvalue weighted by atomic mass is 32.2. The van der Waals surface area contributed by atoms with E-state index in [0.717, 1.165) is 17.7 Å². The first kappa shape index (κ1) is 14.0. The molecule has 0 aliphatic carbocycles. The van der Waals surface area contributed by atoms with Crippen molar-refractivity contribution in [3.63, 3.8) is 0 Å². The third-order valence-electron chi connectivity index (χ3n) is 2.26. The van der Waals surface area contributed by atoms with Crippen LogP contribution in [0.2, 0.25) is 0 Å². The van der Waals surface area contributed by atoms with Crippen LogP contribution in [-0.4, -0.2) is 33.6 Å². The van der Waals surface area contributed by atoms with Gasteiger partial charge in [0, 0.05) is 6.26 Å². The first-order valence-electron chi connectivity index (χ1n) is 5.61. The van der Waals surface area contributed by atoms with E-state index in [9.17, 15) is 8.42 Å². The molecule has 0 atom stereocenters. The van der Waals surface area contributed by atoms with Crippen molar-refractivity contribution < 1.29 is 13.2 Å². The van der Waals surface area contributed by atoms with Gasteiger partial charge in [0.05, 0.1) is 12.4 Å². The van der Waals surface area contributed by atoms with Gasteiger partial charge < -0.3 is 10.5 Å². The van der Waals surface area contributed by atoms with Crippen molar-refractivity contribution >= 4 is 9.84 Å². The van der Waals surface area contributed by atoms with E-state index < -0.39 is 9.84 Å². The minimum absolute atomic E-state index is 0.162. The van der Waals surface area contributed by atoms with Gasteiger partial charge in [-0.15, -0.1) is 0 Å². The lowest BCUT2D eigenvalue weighted by Gasteiger charge is -2.07. The molecule has 0 unspecified atom stereocenters. The van der Waals surface area contributed by atoms with Gasteiger partial charge in [-0.1, -0.05) is 12.1 Å². The van der Waals surface area contributed by atoms with Crippen molar-refractivity contribution in [2.45, 2.75) is 12.8 Å². The third kappa shape index (κ3) is 6.28. The average Bonchev–Trinajstić information content (AvgIpc) is 2.24. The smallest absolute Gasteiger partial charge is 0.147 e. The van der Waals surface area contributed by atoms with Crippen molar-refractivity contribution in [1.82, 2.24) is 0 Å². The number of benzene rings is 1. The lowest BCUT2D eigenvalue weighted by atomic mass is 10.1. The molecule has 2 N–H and O–H groups in total. The van der Waals surface area contributed by atoms with E-state index in [2.05, 4.69) is 0 Å². The van der Waals surface area contributed by atoms with Gasteiger partial charge >= 0.3 is 0 Å². The Kier molecular flexibility index (Phi) is 5.44. The predicted molar refractivity (Wildman–Crippen MR) is 69.0 cm³/mol. The number of rotatable bonds is 7. The molecule has 4 nitrogen and oxygen atoms in total. The van der Waals surface area contributed by atoms with Crippen LogP contribution >= 0.6 is 0 Å². The second-order valence-electron chi connectivity index (χ2n) is 4.02. The van der Waals surface area contributed by atoms with E-state index in [0.29, 0.717) is 19.6 Å². The fourth-order valence-electron chi connectivity index (χ4n) is 1.47. The fourth-order valence-corrected chi connectivity index (χ4v) is 2.11. The monoisotopic (exact) mass is 257 g/mol. The maximum absolute atomic E-state index is 10.9. The molecule has 0 aromatic heterocycles. The van der Waals surface area contributed by atoms with E-state index in [-0.39, 0.29) is 5.75 Å². The zero-order chi connectivity index (χ0) is 12.7. The molecule has 1 rings (SSSR count). The van der Waals surface area contributed by atoms with Crippen LogP contribution in [0.3, 0.4) is 0 Å². The maximum atomic E-state index is 10.9. The molecule has 1 aromatic rings. The Morgan fingerprint density at radius 3 is 2.76 bits per heavy atom. The quantitative estimate of drug-likeness (QED) is 0.740. The van der Waals surface area contributed by atoms with Gasteiger partial charge in [0.25, 0.3) is 0 Å². The van der Waals surface area contributed by atoms with Crippen molar-refractivity contribution in [3.05, 3.63) is 29.8 Å². The molecule has 96 valence electrons. The number of ether oxygens (including phenoxy) is 1. The summed E-state index contributed by atoms with van der Waals surface area (Å²) in [5.41, 5.74) is 6.61. The molecule has 1 aromatic carbocycles. The van der Waals surface area contributed by atoms with Gasteiger partial charge in [0.15, 0.2) is 0 Å². The van der Waals surface area contributed by atoms with Crippen LogP contribution in [0.25, 0.3) is 0 Å². The SMILES string of the molecule is CS(=O)(=O)CCCOc1cccc(CCN)c1. The lowest BCUT2D eigenvalue weighted by molar-refractivity contribution is 0.317. The second-order valence-corrected chi connectivity index (χ2v) is 6.28. The summed E-state index contributed by atoms with van der Waals surface area (Å²) in [6.07, 6.45) is 2.56. The number of hydrogen-bond acceptors (Lipinski definition) is 4. The third-order valence-corrected chi connectivity index (χ3v) is 3.29. The predicted octanol–water partition coefficient (Wildman–Crippen LogP) is 1.00. The molecular weight excluding hydrogens is 238 g/mol. The minimum atomic E-state index is -2.89. The van der Waals surface area contributed by atoms with Crippen molar-refractivity contribution in [2.24, 2.45) is 5.73 Å². The molecule has 17 heavy (non-hydrogen) atoms. The summed E-state index contributed by atoms with van der Waals surface area (Å²) in [4.78, 5) is 0. The molecular formula is C12H19NO3S. The summed E-state index contributed by atoms with van der Waals surface area (Å²) in [6, 6.07) is 7.71. The summed E-state index contributed by atoms with van der Waals surface area (Å²) in [5.74, 6) is 0.930. The van der Waals surface area contributed by atoms with Gasteiger partial charge in [0.1, 0.15) is 15.6 Å². The summed E-state index contributed by atoms with van der Waals surface area (Å²) >= 11 is 0. The maximum Gasteiger partial charge on any atom is 0.147 e. The summed E-state index contributed by atoms with van der Waals surface area (Å²) in [5, 5.41) is 0.